The monoisotopic (exact) mass is 450 g/mol. The predicted octanol–water partition coefficient (Wildman–Crippen LogP) is -2.19. The third-order valence-electron chi connectivity index (χ3n) is 3.83. The molecule has 0 rings (SSSR count). The van der Waals surface area contributed by atoms with E-state index in [1.165, 1.54) is 0 Å². The normalized spacial score (nSPS) is 14.7. The first-order valence-electron chi connectivity index (χ1n) is 9.10. The van der Waals surface area contributed by atoms with Gasteiger partial charge in [0.05, 0.1) is 12.2 Å². The molecule has 0 aliphatic carbocycles. The van der Waals surface area contributed by atoms with Crippen molar-refractivity contribution in [2.45, 2.75) is 44.8 Å². The number of nitrogens with two attached hydrogens (primary N) is 3. The van der Waals surface area contributed by atoms with Crippen molar-refractivity contribution in [1.29, 1.82) is 0 Å². The zero-order valence-electron chi connectivity index (χ0n) is 16.9. The molecule has 0 aromatic carbocycles. The lowest BCUT2D eigenvalue weighted by atomic mass is 10.0. The number of aliphatic imine (C=N–C) groups is 1. The molecule has 14 heteroatoms. The van der Waals surface area contributed by atoms with Crippen LogP contribution in [0.5, 0.6) is 0 Å². The molecule has 0 aliphatic rings. The molecule has 13 nitrogen and oxygen atoms in total. The van der Waals surface area contributed by atoms with E-state index in [0.717, 1.165) is 12.2 Å². The number of rotatable bonds is 13. The smallest absolute Gasteiger partial charge is 0.330 e. The van der Waals surface area contributed by atoms with Gasteiger partial charge in [-0.25, -0.2) is 4.79 Å². The van der Waals surface area contributed by atoms with Gasteiger partial charge in [-0.1, -0.05) is 26.0 Å². The zero-order chi connectivity index (χ0) is 23.5. The van der Waals surface area contributed by atoms with Crippen LogP contribution in [0.4, 0.5) is 0 Å². The number of nitrogens with zero attached hydrogens (tertiary/aromatic N) is 1. The van der Waals surface area contributed by atoms with E-state index >= 15 is 0 Å². The molecular weight excluding hydrogens is 419 g/mol. The van der Waals surface area contributed by atoms with Crippen molar-refractivity contribution >= 4 is 31.3 Å². The van der Waals surface area contributed by atoms with E-state index in [4.69, 9.17) is 27.0 Å². The molecule has 0 saturated carbocycles. The third-order valence-corrected chi connectivity index (χ3v) is 4.52. The average Bonchev–Trinajstić information content (AvgIpc) is 2.60. The van der Waals surface area contributed by atoms with Crippen molar-refractivity contribution in [3.63, 3.8) is 0 Å². The van der Waals surface area contributed by atoms with Gasteiger partial charge in [-0.15, -0.1) is 0 Å². The van der Waals surface area contributed by atoms with Crippen molar-refractivity contribution in [3.05, 3.63) is 12.2 Å². The van der Waals surface area contributed by atoms with Gasteiger partial charge in [0.1, 0.15) is 12.1 Å². The quantitative estimate of drug-likeness (QED) is 0.0495. The predicted molar refractivity (Wildman–Crippen MR) is 110 cm³/mol. The maximum atomic E-state index is 12.6. The van der Waals surface area contributed by atoms with E-state index in [-0.39, 0.29) is 24.8 Å². The van der Waals surface area contributed by atoms with Gasteiger partial charge in [-0.05, 0) is 18.8 Å². The number of hydrogen-bond donors (Lipinski definition) is 8. The summed E-state index contributed by atoms with van der Waals surface area (Å²) < 4.78 is 10.9. The van der Waals surface area contributed by atoms with Crippen LogP contribution in [0.25, 0.3) is 0 Å². The lowest BCUT2D eigenvalue weighted by Crippen LogP contribution is -2.55. The lowest BCUT2D eigenvalue weighted by Gasteiger charge is -2.23. The SMILES string of the molecule is CC(C)C(N)C(=O)NC(CCCN=C(N)N)C(=O)NC(/C=C\CP(=O)(O)O)C(=O)O. The molecule has 0 spiro atoms. The highest BCUT2D eigenvalue weighted by atomic mass is 31.2. The fourth-order valence-electron chi connectivity index (χ4n) is 2.12. The standard InChI is InChI=1S/C16H31N6O7P/c1-9(2)12(17)14(24)21-10(5-3-7-20-16(18)19)13(23)22-11(15(25)26)6-4-8-30(27,28)29/h4,6,9-12H,3,5,7-8,17H2,1-2H3,(H,21,24)(H,22,23)(H,25,26)(H4,18,19,20)(H2,27,28,29)/b6-4-. The number of hydrogen-bond acceptors (Lipinski definition) is 6. The van der Waals surface area contributed by atoms with Gasteiger partial charge in [-0.2, -0.15) is 0 Å². The van der Waals surface area contributed by atoms with Gasteiger partial charge in [0, 0.05) is 6.54 Å². The lowest BCUT2D eigenvalue weighted by molar-refractivity contribution is -0.140. The summed E-state index contributed by atoms with van der Waals surface area (Å²) in [7, 11) is -4.37. The Morgan fingerprint density at radius 3 is 2.20 bits per heavy atom. The number of nitrogens with one attached hydrogen (secondary N) is 2. The second-order valence-electron chi connectivity index (χ2n) is 6.88. The minimum Gasteiger partial charge on any atom is -0.479 e. The highest BCUT2D eigenvalue weighted by molar-refractivity contribution is 7.51. The molecule has 0 aromatic rings. The fraction of sp³-hybridized carbons (Fsp3) is 0.625. The van der Waals surface area contributed by atoms with Crippen molar-refractivity contribution in [2.75, 3.05) is 12.7 Å². The van der Waals surface area contributed by atoms with Crippen molar-refractivity contribution in [2.24, 2.45) is 28.1 Å². The van der Waals surface area contributed by atoms with Gasteiger partial charge in [0.15, 0.2) is 5.96 Å². The third kappa shape index (κ3) is 12.2. The van der Waals surface area contributed by atoms with Crippen LogP contribution in [-0.4, -0.2) is 69.5 Å². The number of carbonyl (C=O) groups excluding carboxylic acids is 2. The average molecular weight is 450 g/mol. The zero-order valence-corrected chi connectivity index (χ0v) is 17.8. The number of allylic oxidation sites excluding steroid dienone is 1. The molecule has 30 heavy (non-hydrogen) atoms. The first-order valence-corrected chi connectivity index (χ1v) is 10.9. The van der Waals surface area contributed by atoms with Crippen LogP contribution in [-0.2, 0) is 18.9 Å². The molecule has 11 N–H and O–H groups in total. The molecule has 0 aromatic heterocycles. The topological polar surface area (TPSA) is 243 Å². The van der Waals surface area contributed by atoms with Crippen LogP contribution in [0.15, 0.2) is 17.1 Å². The summed E-state index contributed by atoms with van der Waals surface area (Å²) >= 11 is 0. The highest BCUT2D eigenvalue weighted by Crippen LogP contribution is 2.33. The molecule has 0 fully saturated rings. The highest BCUT2D eigenvalue weighted by Gasteiger charge is 2.27. The summed E-state index contributed by atoms with van der Waals surface area (Å²) in [6, 6.07) is -3.55. The molecular formula is C16H31N6O7P. The molecule has 0 radical (unpaired) electrons. The molecule has 3 unspecified atom stereocenters. The Morgan fingerprint density at radius 2 is 1.73 bits per heavy atom. The number of guanidine groups is 1. The summed E-state index contributed by atoms with van der Waals surface area (Å²) in [5.74, 6) is -3.18. The van der Waals surface area contributed by atoms with Gasteiger partial charge in [0.2, 0.25) is 11.8 Å². The maximum absolute atomic E-state index is 12.6. The van der Waals surface area contributed by atoms with Gasteiger partial charge in [-0.3, -0.25) is 19.1 Å². The Hall–Kier alpha value is -2.47. The Morgan fingerprint density at radius 1 is 1.13 bits per heavy atom. The number of carbonyl (C=O) groups is 3. The van der Waals surface area contributed by atoms with E-state index in [1.54, 1.807) is 13.8 Å². The van der Waals surface area contributed by atoms with Crippen molar-refractivity contribution in [1.82, 2.24) is 10.6 Å². The largest absolute Gasteiger partial charge is 0.479 e. The number of carboxylic acids is 1. The summed E-state index contributed by atoms with van der Waals surface area (Å²) in [4.78, 5) is 57.6. The van der Waals surface area contributed by atoms with E-state index in [1.807, 2.05) is 0 Å². The molecule has 0 aliphatic heterocycles. The first-order chi connectivity index (χ1) is 13.7. The molecule has 3 atom stereocenters. The van der Waals surface area contributed by atoms with Crippen LogP contribution < -0.4 is 27.8 Å². The van der Waals surface area contributed by atoms with Crippen molar-refractivity contribution in [3.8, 4) is 0 Å². The summed E-state index contributed by atoms with van der Waals surface area (Å²) in [6.07, 6.45) is 1.61. The summed E-state index contributed by atoms with van der Waals surface area (Å²) in [6.45, 7) is 3.64. The number of carboxylic acid groups (broad SMARTS) is 1. The van der Waals surface area contributed by atoms with Crippen LogP contribution in [0.3, 0.4) is 0 Å². The van der Waals surface area contributed by atoms with Crippen LogP contribution in [0, 0.1) is 5.92 Å². The minimum atomic E-state index is -4.37. The molecule has 2 amide bonds. The maximum Gasteiger partial charge on any atom is 0.330 e. The van der Waals surface area contributed by atoms with Crippen LogP contribution >= 0.6 is 7.60 Å². The summed E-state index contributed by atoms with van der Waals surface area (Å²) in [5.41, 5.74) is 16.2. The Kier molecular flexibility index (Phi) is 11.9. The van der Waals surface area contributed by atoms with Crippen LogP contribution in [0.1, 0.15) is 26.7 Å². The Labute approximate surface area is 174 Å². The summed E-state index contributed by atoms with van der Waals surface area (Å²) in [5, 5.41) is 13.9. The molecule has 0 heterocycles. The van der Waals surface area contributed by atoms with E-state index < -0.39 is 49.7 Å². The van der Waals surface area contributed by atoms with E-state index in [9.17, 15) is 24.1 Å². The van der Waals surface area contributed by atoms with Gasteiger partial charge >= 0.3 is 13.6 Å². The number of aliphatic carboxylic acids is 1. The minimum absolute atomic E-state index is 0.0949. The molecule has 172 valence electrons. The Bertz CT molecular complexity index is 702. The number of amides is 2. The van der Waals surface area contributed by atoms with Crippen LogP contribution in [0.2, 0.25) is 0 Å². The van der Waals surface area contributed by atoms with Crippen molar-refractivity contribution < 1.29 is 33.8 Å². The van der Waals surface area contributed by atoms with Gasteiger partial charge in [0.25, 0.3) is 0 Å². The molecule has 0 bridgehead atoms. The Balaban J connectivity index is 5.28. The first kappa shape index (κ1) is 27.5. The van der Waals surface area contributed by atoms with E-state index in [0.29, 0.717) is 6.42 Å². The molecule has 0 saturated heterocycles. The van der Waals surface area contributed by atoms with E-state index in [2.05, 4.69) is 15.6 Å². The van der Waals surface area contributed by atoms with Gasteiger partial charge < -0.3 is 42.7 Å². The second kappa shape index (κ2) is 13.0. The fourth-order valence-corrected chi connectivity index (χ4v) is 2.52. The second-order valence-corrected chi connectivity index (χ2v) is 8.57.